The van der Waals surface area contributed by atoms with E-state index in [0.717, 1.165) is 0 Å². The van der Waals surface area contributed by atoms with E-state index >= 15 is 0 Å². The van der Waals surface area contributed by atoms with Crippen LogP contribution in [0, 0.1) is 34.0 Å². The minimum absolute atomic E-state index is 0.100. The Morgan fingerprint density at radius 1 is 1.21 bits per heavy atom. The standard InChI is InChI=1S/C24H30O9/c1-11-12-4-5-13-22-10-32-24(31,19(30)17(22)21(2,3)9-8-14(22)25)23(13,18(11)29)20(12)33-16(28)7-6-15(26)27/h12-13,17,19-20,30-31H,1,4-10H2,2-3H3,(H,26,27)/t12-,13-,17+,19-,20+,22+,23-,24-/m0/s1. The number of carbonyl (C=O) groups excluding carboxylic acids is 3. The number of hydrogen-bond acceptors (Lipinski definition) is 8. The Hall–Kier alpha value is -2.10. The van der Waals surface area contributed by atoms with Gasteiger partial charge >= 0.3 is 11.9 Å². The zero-order chi connectivity index (χ0) is 24.1. The predicted molar refractivity (Wildman–Crippen MR) is 110 cm³/mol. The molecule has 4 saturated carbocycles. The predicted octanol–water partition coefficient (Wildman–Crippen LogP) is 0.999. The van der Waals surface area contributed by atoms with Gasteiger partial charge in [-0.05, 0) is 36.2 Å². The van der Waals surface area contributed by atoms with Gasteiger partial charge in [0, 0.05) is 18.3 Å². The number of ether oxygens (including phenoxy) is 2. The second-order valence-electron chi connectivity index (χ2n) is 11.1. The zero-order valence-corrected chi connectivity index (χ0v) is 18.8. The maximum Gasteiger partial charge on any atom is 0.306 e. The Kier molecular flexibility index (Phi) is 4.63. The molecule has 33 heavy (non-hydrogen) atoms. The van der Waals surface area contributed by atoms with Crippen LogP contribution in [0.3, 0.4) is 0 Å². The molecule has 0 amide bonds. The van der Waals surface area contributed by atoms with Crippen molar-refractivity contribution >= 4 is 23.5 Å². The van der Waals surface area contributed by atoms with E-state index in [-0.39, 0.29) is 24.4 Å². The van der Waals surface area contributed by atoms with E-state index in [1.807, 2.05) is 13.8 Å². The summed E-state index contributed by atoms with van der Waals surface area (Å²) < 4.78 is 11.6. The van der Waals surface area contributed by atoms with Crippen molar-refractivity contribution in [1.82, 2.24) is 0 Å². The third-order valence-electron chi connectivity index (χ3n) is 9.42. The van der Waals surface area contributed by atoms with Crippen LogP contribution in [0.2, 0.25) is 0 Å². The van der Waals surface area contributed by atoms with Gasteiger partial charge in [-0.3, -0.25) is 19.2 Å². The average molecular weight is 462 g/mol. The van der Waals surface area contributed by atoms with Crippen molar-refractivity contribution in [3.05, 3.63) is 12.2 Å². The van der Waals surface area contributed by atoms with Crippen LogP contribution < -0.4 is 0 Å². The molecule has 6 rings (SSSR count). The van der Waals surface area contributed by atoms with Gasteiger partial charge in [-0.2, -0.15) is 0 Å². The van der Waals surface area contributed by atoms with Gasteiger partial charge < -0.3 is 24.8 Å². The molecule has 2 spiro atoms. The molecule has 0 aromatic heterocycles. The lowest BCUT2D eigenvalue weighted by Gasteiger charge is -2.72. The maximum absolute atomic E-state index is 13.8. The molecule has 6 fully saturated rings. The highest BCUT2D eigenvalue weighted by atomic mass is 16.6. The molecule has 2 heterocycles. The molecule has 0 radical (unpaired) electrons. The van der Waals surface area contributed by atoms with Crippen LogP contribution in [0.15, 0.2) is 12.2 Å². The molecule has 0 unspecified atom stereocenters. The largest absolute Gasteiger partial charge is 0.481 e. The third-order valence-corrected chi connectivity index (χ3v) is 9.42. The lowest BCUT2D eigenvalue weighted by Crippen LogP contribution is -2.85. The molecular formula is C24H30O9. The number of aliphatic hydroxyl groups excluding tert-OH is 1. The van der Waals surface area contributed by atoms with Crippen molar-refractivity contribution in [2.45, 2.75) is 70.4 Å². The van der Waals surface area contributed by atoms with Crippen molar-refractivity contribution in [2.24, 2.45) is 34.0 Å². The average Bonchev–Trinajstić information content (AvgIpc) is 2.86. The quantitative estimate of drug-likeness (QED) is 0.411. The van der Waals surface area contributed by atoms with Crippen molar-refractivity contribution in [3.63, 3.8) is 0 Å². The van der Waals surface area contributed by atoms with Gasteiger partial charge in [0.2, 0.25) is 5.79 Å². The number of hydrogen-bond donors (Lipinski definition) is 3. The van der Waals surface area contributed by atoms with E-state index in [1.54, 1.807) is 0 Å². The van der Waals surface area contributed by atoms with E-state index < -0.39 is 82.6 Å². The van der Waals surface area contributed by atoms with Crippen LogP contribution in [0.1, 0.15) is 52.4 Å². The molecule has 0 aromatic rings. The molecular weight excluding hydrogens is 432 g/mol. The lowest BCUT2D eigenvalue weighted by atomic mass is 9.36. The highest BCUT2D eigenvalue weighted by Crippen LogP contribution is 2.76. The minimum Gasteiger partial charge on any atom is -0.481 e. The van der Waals surface area contributed by atoms with E-state index in [9.17, 15) is 29.4 Å². The van der Waals surface area contributed by atoms with Gasteiger partial charge in [-0.15, -0.1) is 0 Å². The first-order valence-electron chi connectivity index (χ1n) is 11.6. The van der Waals surface area contributed by atoms with Gasteiger partial charge in [0.25, 0.3) is 0 Å². The fraction of sp³-hybridized carbons (Fsp3) is 0.750. The van der Waals surface area contributed by atoms with Crippen LogP contribution >= 0.6 is 0 Å². The number of carboxylic acid groups (broad SMARTS) is 1. The van der Waals surface area contributed by atoms with E-state index in [0.29, 0.717) is 19.3 Å². The summed E-state index contributed by atoms with van der Waals surface area (Å²) >= 11 is 0. The van der Waals surface area contributed by atoms with Gasteiger partial charge in [0.05, 0.1) is 24.9 Å². The number of Topliss-reactive ketones (excluding diaryl/α,β-unsaturated/α-hetero) is 2. The molecule has 2 aliphatic heterocycles. The highest BCUT2D eigenvalue weighted by molar-refractivity contribution is 6.06. The Morgan fingerprint density at radius 3 is 2.58 bits per heavy atom. The summed E-state index contributed by atoms with van der Waals surface area (Å²) in [5.74, 6) is -6.89. The zero-order valence-electron chi connectivity index (χ0n) is 18.8. The summed E-state index contributed by atoms with van der Waals surface area (Å²) in [5.41, 5.74) is -3.36. The summed E-state index contributed by atoms with van der Waals surface area (Å²) in [6.45, 7) is 7.72. The number of fused-ring (bicyclic) bond motifs is 2. The fourth-order valence-corrected chi connectivity index (χ4v) is 8.17. The molecule has 9 nitrogen and oxygen atoms in total. The Bertz CT molecular complexity index is 984. The third kappa shape index (κ3) is 2.43. The van der Waals surface area contributed by atoms with Crippen LogP contribution in [0.4, 0.5) is 0 Å². The number of carboxylic acids is 1. The topological polar surface area (TPSA) is 147 Å². The minimum atomic E-state index is -2.36. The van der Waals surface area contributed by atoms with E-state index in [1.165, 1.54) is 0 Å². The van der Waals surface area contributed by atoms with Crippen molar-refractivity contribution in [2.75, 3.05) is 6.61 Å². The Labute approximate surface area is 191 Å². The molecule has 8 atom stereocenters. The lowest BCUT2D eigenvalue weighted by molar-refractivity contribution is -0.437. The number of aliphatic carboxylic acids is 1. The summed E-state index contributed by atoms with van der Waals surface area (Å²) in [6, 6.07) is 0. The second-order valence-corrected chi connectivity index (χ2v) is 11.1. The van der Waals surface area contributed by atoms with Gasteiger partial charge in [0.1, 0.15) is 23.4 Å². The molecule has 6 aliphatic rings. The Balaban J connectivity index is 1.67. The molecule has 4 aliphatic carbocycles. The summed E-state index contributed by atoms with van der Waals surface area (Å²) in [6.07, 6.45) is -1.90. The second kappa shape index (κ2) is 6.73. The Morgan fingerprint density at radius 2 is 1.91 bits per heavy atom. The first kappa shape index (κ1) is 22.7. The van der Waals surface area contributed by atoms with Crippen molar-refractivity contribution in [3.8, 4) is 0 Å². The first-order chi connectivity index (χ1) is 15.4. The molecule has 3 N–H and O–H groups in total. The van der Waals surface area contributed by atoms with Crippen molar-refractivity contribution in [1.29, 1.82) is 0 Å². The monoisotopic (exact) mass is 462 g/mol. The van der Waals surface area contributed by atoms with E-state index in [2.05, 4.69) is 6.58 Å². The summed E-state index contributed by atoms with van der Waals surface area (Å²) in [5, 5.41) is 32.4. The highest BCUT2D eigenvalue weighted by Gasteiger charge is 2.88. The number of esters is 1. The number of rotatable bonds is 4. The number of aliphatic hydroxyl groups is 2. The maximum atomic E-state index is 13.8. The van der Waals surface area contributed by atoms with E-state index in [4.69, 9.17) is 14.6 Å². The molecule has 9 heteroatoms. The van der Waals surface area contributed by atoms with Crippen molar-refractivity contribution < 1.29 is 44.0 Å². The van der Waals surface area contributed by atoms with Crippen LogP contribution in [-0.2, 0) is 28.7 Å². The number of ketones is 2. The van der Waals surface area contributed by atoms with Crippen LogP contribution in [-0.4, -0.2) is 63.4 Å². The van der Waals surface area contributed by atoms with Crippen LogP contribution in [0.25, 0.3) is 0 Å². The first-order valence-corrected chi connectivity index (χ1v) is 11.6. The smallest absolute Gasteiger partial charge is 0.306 e. The fourth-order valence-electron chi connectivity index (χ4n) is 8.17. The number of carbonyl (C=O) groups is 4. The van der Waals surface area contributed by atoms with Gasteiger partial charge in [0.15, 0.2) is 5.78 Å². The molecule has 2 saturated heterocycles. The SMILES string of the molecule is C=C1C(=O)[C@]23[C@H](OC(=O)CCC(=O)O)[C@H]1CC[C@H]2[C@@]12CO[C@@]3(O)[C@@H](O)[C@@H]1C(C)(C)CCC2=O. The molecule has 4 bridgehead atoms. The summed E-state index contributed by atoms with van der Waals surface area (Å²) in [7, 11) is 0. The molecule has 0 aromatic carbocycles. The van der Waals surface area contributed by atoms with Crippen LogP contribution in [0.5, 0.6) is 0 Å². The van der Waals surface area contributed by atoms with Gasteiger partial charge in [-0.25, -0.2) is 0 Å². The normalized spacial score (nSPS) is 47.2. The van der Waals surface area contributed by atoms with Gasteiger partial charge in [-0.1, -0.05) is 20.4 Å². The summed E-state index contributed by atoms with van der Waals surface area (Å²) in [4.78, 5) is 50.9. The molecule has 180 valence electrons.